The predicted octanol–water partition coefficient (Wildman–Crippen LogP) is 3.70. The number of nitrogens with two attached hydrogens (primary N) is 1. The van der Waals surface area contributed by atoms with Crippen LogP contribution in [0.25, 0.3) is 0 Å². The molecule has 3 nitrogen and oxygen atoms in total. The molecule has 3 aromatic carbocycles. The van der Waals surface area contributed by atoms with Gasteiger partial charge in [-0.15, -0.1) is 0 Å². The number of halogens is 1. The Morgan fingerprint density at radius 3 is 1.96 bits per heavy atom. The first-order valence-corrected chi connectivity index (χ1v) is 9.49. The van der Waals surface area contributed by atoms with Crippen LogP contribution in [0, 0.1) is 0 Å². The van der Waals surface area contributed by atoms with Gasteiger partial charge in [-0.1, -0.05) is 90.5 Å². The Balaban J connectivity index is 1.70. The summed E-state index contributed by atoms with van der Waals surface area (Å²) in [4.78, 5) is 12.6. The summed E-state index contributed by atoms with van der Waals surface area (Å²) in [5.74, 6) is -0.00761. The van der Waals surface area contributed by atoms with Crippen LogP contribution in [-0.2, 0) is 11.3 Å². The summed E-state index contributed by atoms with van der Waals surface area (Å²) in [5.41, 5.74) is 3.27. The zero-order chi connectivity index (χ0) is 19.1. The first-order valence-electron chi connectivity index (χ1n) is 9.11. The Morgan fingerprint density at radius 2 is 1.41 bits per heavy atom. The Hall–Kier alpha value is -2.62. The van der Waals surface area contributed by atoms with Crippen molar-refractivity contribution in [2.75, 3.05) is 0 Å². The number of rotatable bonds is 7. The molecule has 0 aliphatic carbocycles. The van der Waals surface area contributed by atoms with Gasteiger partial charge in [0.25, 0.3) is 5.91 Å². The molecule has 0 saturated heterocycles. The Bertz CT molecular complexity index is 828. The fraction of sp³-hybridized carbons (Fsp3) is 0.174. The van der Waals surface area contributed by atoms with E-state index in [1.54, 1.807) is 0 Å². The second kappa shape index (κ2) is 9.36. The summed E-state index contributed by atoms with van der Waals surface area (Å²) >= 11 is 6.17. The maximum Gasteiger partial charge on any atom is 0.278 e. The van der Waals surface area contributed by atoms with E-state index in [2.05, 4.69) is 34.9 Å². The van der Waals surface area contributed by atoms with Crippen LogP contribution in [0.15, 0.2) is 84.9 Å². The third-order valence-electron chi connectivity index (χ3n) is 4.62. The molecule has 0 saturated carbocycles. The van der Waals surface area contributed by atoms with Gasteiger partial charge in [0.2, 0.25) is 0 Å². The van der Waals surface area contributed by atoms with Crippen molar-refractivity contribution in [2.24, 2.45) is 0 Å². The van der Waals surface area contributed by atoms with Crippen LogP contribution < -0.4 is 10.6 Å². The van der Waals surface area contributed by atoms with Crippen molar-refractivity contribution >= 4 is 17.5 Å². The first kappa shape index (κ1) is 19.2. The second-order valence-corrected chi connectivity index (χ2v) is 7.00. The van der Waals surface area contributed by atoms with Gasteiger partial charge in [0.15, 0.2) is 6.04 Å². The van der Waals surface area contributed by atoms with Gasteiger partial charge in [0.05, 0.1) is 0 Å². The van der Waals surface area contributed by atoms with E-state index >= 15 is 0 Å². The molecule has 3 rings (SSSR count). The number of nitrogens with one attached hydrogen (secondary N) is 1. The molecular formula is C23H24ClN2O+. The van der Waals surface area contributed by atoms with Gasteiger partial charge in [0, 0.05) is 22.7 Å². The summed E-state index contributed by atoms with van der Waals surface area (Å²) in [7, 11) is 0. The van der Waals surface area contributed by atoms with Crippen LogP contribution in [0.3, 0.4) is 0 Å². The van der Waals surface area contributed by atoms with E-state index in [-0.39, 0.29) is 18.0 Å². The molecule has 1 atom stereocenters. The van der Waals surface area contributed by atoms with Crippen molar-refractivity contribution in [1.29, 1.82) is 0 Å². The molecular weight excluding hydrogens is 356 g/mol. The summed E-state index contributed by atoms with van der Waals surface area (Å²) in [6, 6.07) is 27.9. The van der Waals surface area contributed by atoms with E-state index in [1.165, 1.54) is 11.1 Å². The second-order valence-electron chi connectivity index (χ2n) is 6.59. The van der Waals surface area contributed by atoms with Crippen molar-refractivity contribution in [3.05, 3.63) is 107 Å². The molecule has 4 heteroatoms. The van der Waals surface area contributed by atoms with Crippen LogP contribution in [0.2, 0.25) is 5.02 Å². The molecule has 0 fully saturated rings. The van der Waals surface area contributed by atoms with Crippen molar-refractivity contribution in [2.45, 2.75) is 25.6 Å². The average molecular weight is 380 g/mol. The van der Waals surface area contributed by atoms with Crippen LogP contribution in [0.4, 0.5) is 0 Å². The van der Waals surface area contributed by atoms with Crippen molar-refractivity contribution < 1.29 is 10.1 Å². The fourth-order valence-corrected chi connectivity index (χ4v) is 3.30. The molecule has 0 spiro atoms. The smallest absolute Gasteiger partial charge is 0.278 e. The number of carbonyl (C=O) groups is 1. The lowest BCUT2D eigenvalue weighted by Crippen LogP contribution is -2.92. The number of carbonyl (C=O) groups excluding carboxylic acids is 1. The fourth-order valence-electron chi connectivity index (χ4n) is 3.10. The van der Waals surface area contributed by atoms with Gasteiger partial charge in [-0.25, -0.2) is 0 Å². The molecule has 138 valence electrons. The number of amides is 1. The van der Waals surface area contributed by atoms with E-state index in [4.69, 9.17) is 11.6 Å². The molecule has 0 unspecified atom stereocenters. The lowest BCUT2D eigenvalue weighted by atomic mass is 9.98. The van der Waals surface area contributed by atoms with E-state index in [0.29, 0.717) is 11.6 Å². The molecule has 1 amide bonds. The molecule has 0 heterocycles. The first-order chi connectivity index (χ1) is 13.1. The number of hydrogen-bond acceptors (Lipinski definition) is 1. The minimum atomic E-state index is -0.238. The van der Waals surface area contributed by atoms with Crippen molar-refractivity contribution in [3.63, 3.8) is 0 Å². The average Bonchev–Trinajstić information content (AvgIpc) is 2.72. The quantitative estimate of drug-likeness (QED) is 0.646. The van der Waals surface area contributed by atoms with Gasteiger partial charge in [0.1, 0.15) is 6.04 Å². The van der Waals surface area contributed by atoms with Gasteiger partial charge in [-0.05, 0) is 18.6 Å². The molecule has 0 aliphatic rings. The van der Waals surface area contributed by atoms with E-state index in [9.17, 15) is 4.79 Å². The summed E-state index contributed by atoms with van der Waals surface area (Å²) in [5, 5.41) is 5.76. The summed E-state index contributed by atoms with van der Waals surface area (Å²) in [6.45, 7) is 2.36. The third-order valence-corrected chi connectivity index (χ3v) is 4.99. The maximum absolute atomic E-state index is 12.6. The Morgan fingerprint density at radius 1 is 0.889 bits per heavy atom. The summed E-state index contributed by atoms with van der Waals surface area (Å²) in [6.07, 6.45) is 0. The molecule has 3 N–H and O–H groups in total. The van der Waals surface area contributed by atoms with Gasteiger partial charge in [-0.3, -0.25) is 4.79 Å². The highest BCUT2D eigenvalue weighted by molar-refractivity contribution is 6.31. The molecule has 0 radical (unpaired) electrons. The summed E-state index contributed by atoms with van der Waals surface area (Å²) < 4.78 is 0. The zero-order valence-electron chi connectivity index (χ0n) is 15.3. The van der Waals surface area contributed by atoms with Crippen LogP contribution in [-0.4, -0.2) is 11.9 Å². The molecule has 0 bridgehead atoms. The minimum absolute atomic E-state index is 0.00761. The predicted molar refractivity (Wildman–Crippen MR) is 109 cm³/mol. The molecule has 0 aromatic heterocycles. The topological polar surface area (TPSA) is 45.7 Å². The lowest BCUT2D eigenvalue weighted by molar-refractivity contribution is -0.704. The number of quaternary nitrogens is 1. The monoisotopic (exact) mass is 379 g/mol. The Kier molecular flexibility index (Phi) is 6.64. The lowest BCUT2D eigenvalue weighted by Gasteiger charge is -2.21. The minimum Gasteiger partial charge on any atom is -0.347 e. The van der Waals surface area contributed by atoms with E-state index < -0.39 is 0 Å². The molecule has 3 aromatic rings. The van der Waals surface area contributed by atoms with Crippen molar-refractivity contribution in [3.8, 4) is 0 Å². The van der Waals surface area contributed by atoms with Gasteiger partial charge in [-0.2, -0.15) is 0 Å². The highest BCUT2D eigenvalue weighted by Crippen LogP contribution is 2.18. The van der Waals surface area contributed by atoms with Gasteiger partial charge >= 0.3 is 0 Å². The standard InChI is InChI=1S/C23H23ClN2O/c1-17(23(27)25-16-20-14-8-9-15-21(20)24)26-22(18-10-4-2-5-11-18)19-12-6-3-7-13-19/h2-15,17,22,26H,16H2,1H3,(H,25,27)/p+1/t17-/m0/s1. The number of benzene rings is 3. The highest BCUT2D eigenvalue weighted by Gasteiger charge is 2.24. The van der Waals surface area contributed by atoms with Gasteiger partial charge < -0.3 is 10.6 Å². The highest BCUT2D eigenvalue weighted by atomic mass is 35.5. The normalized spacial score (nSPS) is 12.0. The van der Waals surface area contributed by atoms with E-state index in [1.807, 2.05) is 67.6 Å². The Labute approximate surface area is 165 Å². The number of hydrogen-bond donors (Lipinski definition) is 2. The van der Waals surface area contributed by atoms with Crippen molar-refractivity contribution in [1.82, 2.24) is 5.32 Å². The third kappa shape index (κ3) is 5.19. The largest absolute Gasteiger partial charge is 0.347 e. The molecule has 27 heavy (non-hydrogen) atoms. The maximum atomic E-state index is 12.6. The van der Waals surface area contributed by atoms with Crippen LogP contribution in [0.5, 0.6) is 0 Å². The van der Waals surface area contributed by atoms with Crippen LogP contribution >= 0.6 is 11.6 Å². The van der Waals surface area contributed by atoms with E-state index in [0.717, 1.165) is 5.56 Å². The molecule has 0 aliphatic heterocycles. The van der Waals surface area contributed by atoms with Crippen LogP contribution in [0.1, 0.15) is 29.7 Å². The SMILES string of the molecule is C[C@H]([NH2+]C(c1ccccc1)c1ccccc1)C(=O)NCc1ccccc1Cl. The zero-order valence-corrected chi connectivity index (χ0v) is 16.1.